The lowest BCUT2D eigenvalue weighted by Gasteiger charge is -2.26. The van der Waals surface area contributed by atoms with Gasteiger partial charge in [0.25, 0.3) is 11.5 Å². The van der Waals surface area contributed by atoms with E-state index in [1.54, 1.807) is 31.2 Å². The third-order valence-electron chi connectivity index (χ3n) is 4.53. The van der Waals surface area contributed by atoms with Crippen LogP contribution in [0.3, 0.4) is 0 Å². The summed E-state index contributed by atoms with van der Waals surface area (Å²) in [6.07, 6.45) is 0.377. The molecule has 1 saturated heterocycles. The van der Waals surface area contributed by atoms with Gasteiger partial charge in [-0.2, -0.15) is 5.10 Å². The maximum atomic E-state index is 12.4. The van der Waals surface area contributed by atoms with Crippen LogP contribution in [0.25, 0.3) is 10.8 Å². The summed E-state index contributed by atoms with van der Waals surface area (Å²) in [6, 6.07) is 6.03. The normalized spacial score (nSPS) is 18.3. The SMILES string of the molecule is CCN(C(=O)COC(=O)c1n[nH]c(=O)c2ccccc12)[C@H]1CCS(=O)(=O)C1. The zero-order valence-electron chi connectivity index (χ0n) is 14.7. The molecule has 0 spiro atoms. The fourth-order valence-electron chi connectivity index (χ4n) is 3.21. The standard InChI is InChI=1S/C17H19N3O6S/c1-2-20(11-7-8-27(24,25)10-11)14(21)9-26-17(23)15-12-5-3-4-6-13(12)16(22)19-18-15/h3-6,11H,2,7-10H2,1H3,(H,19,22)/t11-/m0/s1. The van der Waals surface area contributed by atoms with Gasteiger partial charge in [-0.1, -0.05) is 18.2 Å². The Morgan fingerprint density at radius 1 is 1.30 bits per heavy atom. The number of likely N-dealkylation sites (N-methyl/N-ethyl adjacent to an activating group) is 1. The summed E-state index contributed by atoms with van der Waals surface area (Å²) in [5, 5.41) is 6.58. The summed E-state index contributed by atoms with van der Waals surface area (Å²) in [5.41, 5.74) is -0.526. The van der Waals surface area contributed by atoms with Crippen molar-refractivity contribution in [2.45, 2.75) is 19.4 Å². The Bertz CT molecular complexity index is 1050. The number of ether oxygens (including phenoxy) is 1. The predicted octanol–water partition coefficient (Wildman–Crippen LogP) is 0.115. The average molecular weight is 393 g/mol. The van der Waals surface area contributed by atoms with Crippen molar-refractivity contribution in [1.82, 2.24) is 15.1 Å². The Morgan fingerprint density at radius 2 is 2.00 bits per heavy atom. The molecular weight excluding hydrogens is 374 g/mol. The van der Waals surface area contributed by atoms with Crippen LogP contribution in [0.2, 0.25) is 0 Å². The number of nitrogens with one attached hydrogen (secondary N) is 1. The molecule has 0 radical (unpaired) electrons. The van der Waals surface area contributed by atoms with Gasteiger partial charge >= 0.3 is 5.97 Å². The van der Waals surface area contributed by atoms with Crippen molar-refractivity contribution >= 4 is 32.5 Å². The van der Waals surface area contributed by atoms with E-state index in [0.717, 1.165) is 0 Å². The van der Waals surface area contributed by atoms with Gasteiger partial charge in [-0.05, 0) is 19.4 Å². The summed E-state index contributed by atoms with van der Waals surface area (Å²) < 4.78 is 28.3. The van der Waals surface area contributed by atoms with E-state index >= 15 is 0 Å². The second-order valence-corrected chi connectivity index (χ2v) is 8.49. The minimum Gasteiger partial charge on any atom is -0.451 e. The van der Waals surface area contributed by atoms with E-state index in [1.807, 2.05) is 0 Å². The van der Waals surface area contributed by atoms with Gasteiger partial charge in [0.2, 0.25) is 0 Å². The molecule has 10 heteroatoms. The number of amides is 1. The van der Waals surface area contributed by atoms with Crippen molar-refractivity contribution in [2.75, 3.05) is 24.7 Å². The number of aromatic amines is 1. The number of carbonyl (C=O) groups excluding carboxylic acids is 2. The predicted molar refractivity (Wildman–Crippen MR) is 97.1 cm³/mol. The molecule has 1 amide bonds. The number of sulfone groups is 1. The van der Waals surface area contributed by atoms with E-state index in [-0.39, 0.29) is 22.6 Å². The van der Waals surface area contributed by atoms with Gasteiger partial charge in [-0.15, -0.1) is 0 Å². The van der Waals surface area contributed by atoms with Crippen molar-refractivity contribution in [3.63, 3.8) is 0 Å². The van der Waals surface area contributed by atoms with Crippen LogP contribution in [0, 0.1) is 0 Å². The first-order valence-electron chi connectivity index (χ1n) is 8.47. The fourth-order valence-corrected chi connectivity index (χ4v) is 4.94. The maximum absolute atomic E-state index is 12.4. The quantitative estimate of drug-likeness (QED) is 0.715. The largest absolute Gasteiger partial charge is 0.451 e. The highest BCUT2D eigenvalue weighted by Gasteiger charge is 2.34. The molecule has 1 aromatic carbocycles. The highest BCUT2D eigenvalue weighted by Crippen LogP contribution is 2.18. The average Bonchev–Trinajstić information content (AvgIpc) is 3.00. The summed E-state index contributed by atoms with van der Waals surface area (Å²) in [7, 11) is -3.13. The minimum absolute atomic E-state index is 0.0501. The van der Waals surface area contributed by atoms with Crippen molar-refractivity contribution < 1.29 is 22.7 Å². The van der Waals surface area contributed by atoms with Crippen LogP contribution >= 0.6 is 0 Å². The number of fused-ring (bicyclic) bond motifs is 1. The van der Waals surface area contributed by atoms with Crippen LogP contribution in [-0.2, 0) is 19.4 Å². The number of benzene rings is 1. The Balaban J connectivity index is 1.71. The molecule has 2 heterocycles. The molecule has 3 rings (SSSR count). The van der Waals surface area contributed by atoms with Crippen LogP contribution in [-0.4, -0.2) is 66.1 Å². The van der Waals surface area contributed by atoms with Crippen LogP contribution in [0.4, 0.5) is 0 Å². The number of esters is 1. The molecule has 9 nitrogen and oxygen atoms in total. The zero-order valence-corrected chi connectivity index (χ0v) is 15.5. The Hall–Kier alpha value is -2.75. The number of hydrogen-bond donors (Lipinski definition) is 1. The number of H-pyrrole nitrogens is 1. The molecule has 1 aliphatic heterocycles. The molecule has 144 valence electrons. The summed E-state index contributed by atoms with van der Waals surface area (Å²) >= 11 is 0. The lowest BCUT2D eigenvalue weighted by atomic mass is 10.1. The first kappa shape index (κ1) is 19.0. The zero-order chi connectivity index (χ0) is 19.6. The van der Waals surface area contributed by atoms with E-state index in [0.29, 0.717) is 18.4 Å². The Kier molecular flexibility index (Phi) is 5.26. The molecule has 1 fully saturated rings. The number of aromatic nitrogens is 2. The van der Waals surface area contributed by atoms with E-state index in [2.05, 4.69) is 10.2 Å². The molecule has 1 aromatic heterocycles. The van der Waals surface area contributed by atoms with Gasteiger partial charge in [0.15, 0.2) is 22.1 Å². The van der Waals surface area contributed by atoms with E-state index in [9.17, 15) is 22.8 Å². The number of hydrogen-bond acceptors (Lipinski definition) is 7. The molecule has 1 aliphatic rings. The molecule has 0 unspecified atom stereocenters. The van der Waals surface area contributed by atoms with Crippen LogP contribution in [0.15, 0.2) is 29.1 Å². The topological polar surface area (TPSA) is 126 Å². The third-order valence-corrected chi connectivity index (χ3v) is 6.28. The van der Waals surface area contributed by atoms with E-state index in [1.165, 1.54) is 4.90 Å². The molecule has 27 heavy (non-hydrogen) atoms. The molecule has 0 aliphatic carbocycles. The van der Waals surface area contributed by atoms with Gasteiger partial charge in [-0.25, -0.2) is 18.3 Å². The first-order valence-corrected chi connectivity index (χ1v) is 10.3. The third kappa shape index (κ3) is 4.00. The summed E-state index contributed by atoms with van der Waals surface area (Å²) in [5.74, 6) is -1.34. The first-order chi connectivity index (χ1) is 12.8. The molecule has 0 saturated carbocycles. The molecular formula is C17H19N3O6S. The highest BCUT2D eigenvalue weighted by atomic mass is 32.2. The fraction of sp³-hybridized carbons (Fsp3) is 0.412. The van der Waals surface area contributed by atoms with Gasteiger partial charge in [0.1, 0.15) is 0 Å². The van der Waals surface area contributed by atoms with E-state index in [4.69, 9.17) is 4.74 Å². The lowest BCUT2D eigenvalue weighted by Crippen LogP contribution is -2.43. The van der Waals surface area contributed by atoms with Gasteiger partial charge in [-0.3, -0.25) is 9.59 Å². The van der Waals surface area contributed by atoms with Gasteiger partial charge in [0.05, 0.1) is 16.9 Å². The Morgan fingerprint density at radius 3 is 2.63 bits per heavy atom. The highest BCUT2D eigenvalue weighted by molar-refractivity contribution is 7.91. The number of rotatable bonds is 5. The second-order valence-electron chi connectivity index (χ2n) is 6.26. The lowest BCUT2D eigenvalue weighted by molar-refractivity contribution is -0.136. The van der Waals surface area contributed by atoms with Crippen molar-refractivity contribution in [3.8, 4) is 0 Å². The van der Waals surface area contributed by atoms with Crippen LogP contribution < -0.4 is 5.56 Å². The second kappa shape index (κ2) is 7.47. The van der Waals surface area contributed by atoms with Crippen molar-refractivity contribution in [2.24, 2.45) is 0 Å². The van der Waals surface area contributed by atoms with Crippen LogP contribution in [0.5, 0.6) is 0 Å². The van der Waals surface area contributed by atoms with Crippen molar-refractivity contribution in [1.29, 1.82) is 0 Å². The summed E-state index contributed by atoms with van der Waals surface area (Å²) in [4.78, 5) is 37.9. The monoisotopic (exact) mass is 393 g/mol. The Labute approximate surface area is 155 Å². The van der Waals surface area contributed by atoms with E-state index < -0.39 is 39.9 Å². The van der Waals surface area contributed by atoms with Crippen molar-refractivity contribution in [3.05, 3.63) is 40.3 Å². The number of nitrogens with zero attached hydrogens (tertiary/aromatic N) is 2. The molecule has 1 atom stereocenters. The van der Waals surface area contributed by atoms with Gasteiger partial charge < -0.3 is 9.64 Å². The van der Waals surface area contributed by atoms with Crippen LogP contribution in [0.1, 0.15) is 23.8 Å². The van der Waals surface area contributed by atoms with Gasteiger partial charge in [0, 0.05) is 18.0 Å². The summed E-state index contributed by atoms with van der Waals surface area (Å²) in [6.45, 7) is 1.52. The minimum atomic E-state index is -3.13. The number of carbonyl (C=O) groups is 2. The maximum Gasteiger partial charge on any atom is 0.359 e. The molecule has 2 aromatic rings. The smallest absolute Gasteiger partial charge is 0.359 e. The molecule has 1 N–H and O–H groups in total. The molecule has 0 bridgehead atoms.